The van der Waals surface area contributed by atoms with Gasteiger partial charge in [-0.15, -0.1) is 0 Å². The predicted octanol–water partition coefficient (Wildman–Crippen LogP) is 3.37. The van der Waals surface area contributed by atoms with Gasteiger partial charge in [0.05, 0.1) is 30.6 Å². The highest BCUT2D eigenvalue weighted by molar-refractivity contribution is 7.89. The fourth-order valence-corrected chi connectivity index (χ4v) is 3.77. The maximum absolute atomic E-state index is 12.8. The molecular formula is C20H25NO5S. The van der Waals surface area contributed by atoms with Gasteiger partial charge >= 0.3 is 5.97 Å². The molecule has 0 radical (unpaired) electrons. The van der Waals surface area contributed by atoms with Crippen LogP contribution in [0.1, 0.15) is 37.4 Å². The number of esters is 1. The third kappa shape index (κ3) is 6.08. The molecule has 0 saturated heterocycles. The summed E-state index contributed by atoms with van der Waals surface area (Å²) in [6.07, 6.45) is -0.0901. The van der Waals surface area contributed by atoms with Crippen LogP contribution in [0.2, 0.25) is 0 Å². The summed E-state index contributed by atoms with van der Waals surface area (Å²) in [5, 5.41) is 0. The largest absolute Gasteiger partial charge is 0.494 e. The lowest BCUT2D eigenvalue weighted by atomic mass is 10.0. The molecule has 0 amide bonds. The molecule has 2 aromatic rings. The molecule has 0 fully saturated rings. The molecule has 0 aliphatic carbocycles. The number of aryl methyl sites for hydroxylation is 1. The summed E-state index contributed by atoms with van der Waals surface area (Å²) in [7, 11) is -3.82. The average Bonchev–Trinajstić information content (AvgIpc) is 2.62. The van der Waals surface area contributed by atoms with E-state index in [0.717, 1.165) is 5.56 Å². The van der Waals surface area contributed by atoms with Gasteiger partial charge in [0.2, 0.25) is 10.0 Å². The number of hydrogen-bond acceptors (Lipinski definition) is 5. The number of sulfonamides is 1. The van der Waals surface area contributed by atoms with Crippen LogP contribution in [0.15, 0.2) is 53.4 Å². The Morgan fingerprint density at radius 2 is 1.63 bits per heavy atom. The molecule has 27 heavy (non-hydrogen) atoms. The standard InChI is InChI=1S/C20H25NO5S/c1-4-25-17-10-12-18(13-11-17)27(23,24)21-19(14-20(22)26-5-2)16-8-6-15(3)7-9-16/h6-13,19,21H,4-5,14H2,1-3H3. The van der Waals surface area contributed by atoms with E-state index in [0.29, 0.717) is 17.9 Å². The molecule has 1 atom stereocenters. The van der Waals surface area contributed by atoms with Crippen molar-refractivity contribution in [2.24, 2.45) is 0 Å². The zero-order chi connectivity index (χ0) is 19.9. The van der Waals surface area contributed by atoms with Crippen LogP contribution in [0.3, 0.4) is 0 Å². The monoisotopic (exact) mass is 391 g/mol. The molecule has 1 unspecified atom stereocenters. The first-order chi connectivity index (χ1) is 12.9. The van der Waals surface area contributed by atoms with E-state index in [2.05, 4.69) is 4.72 Å². The Balaban J connectivity index is 2.26. The van der Waals surface area contributed by atoms with Crippen LogP contribution >= 0.6 is 0 Å². The maximum Gasteiger partial charge on any atom is 0.307 e. The average molecular weight is 391 g/mol. The van der Waals surface area contributed by atoms with Crippen molar-refractivity contribution in [2.45, 2.75) is 38.1 Å². The molecular weight excluding hydrogens is 366 g/mol. The van der Waals surface area contributed by atoms with E-state index in [1.807, 2.05) is 26.0 Å². The third-order valence-corrected chi connectivity index (χ3v) is 5.39. The van der Waals surface area contributed by atoms with E-state index in [1.54, 1.807) is 31.2 Å². The Bertz CT molecular complexity index is 845. The number of ether oxygens (including phenoxy) is 2. The van der Waals surface area contributed by atoms with E-state index in [9.17, 15) is 13.2 Å². The van der Waals surface area contributed by atoms with E-state index in [-0.39, 0.29) is 17.9 Å². The predicted molar refractivity (Wildman–Crippen MR) is 103 cm³/mol. The molecule has 0 aromatic heterocycles. The zero-order valence-electron chi connectivity index (χ0n) is 15.8. The molecule has 0 aliphatic rings. The lowest BCUT2D eigenvalue weighted by Crippen LogP contribution is -2.30. The van der Waals surface area contributed by atoms with Crippen LogP contribution in [-0.2, 0) is 19.6 Å². The first-order valence-corrected chi connectivity index (χ1v) is 10.3. The minimum absolute atomic E-state index is 0.0901. The number of carbonyl (C=O) groups is 1. The van der Waals surface area contributed by atoms with Crippen LogP contribution < -0.4 is 9.46 Å². The molecule has 2 rings (SSSR count). The van der Waals surface area contributed by atoms with Gasteiger partial charge in [-0.3, -0.25) is 4.79 Å². The molecule has 7 heteroatoms. The topological polar surface area (TPSA) is 81.7 Å². The van der Waals surface area contributed by atoms with Crippen molar-refractivity contribution in [3.8, 4) is 5.75 Å². The Hall–Kier alpha value is -2.38. The Kier molecular flexibility index (Phi) is 7.38. The van der Waals surface area contributed by atoms with E-state index in [4.69, 9.17) is 9.47 Å². The second-order valence-electron chi connectivity index (χ2n) is 6.00. The number of rotatable bonds is 9. The quantitative estimate of drug-likeness (QED) is 0.663. The van der Waals surface area contributed by atoms with Gasteiger partial charge < -0.3 is 9.47 Å². The van der Waals surface area contributed by atoms with Crippen molar-refractivity contribution < 1.29 is 22.7 Å². The lowest BCUT2D eigenvalue weighted by Gasteiger charge is -2.19. The maximum atomic E-state index is 12.8. The first-order valence-electron chi connectivity index (χ1n) is 8.83. The molecule has 0 spiro atoms. The van der Waals surface area contributed by atoms with E-state index >= 15 is 0 Å². The van der Waals surface area contributed by atoms with Gasteiger partial charge in [0.15, 0.2) is 0 Å². The Morgan fingerprint density at radius 1 is 1.00 bits per heavy atom. The van der Waals surface area contributed by atoms with Gasteiger partial charge in [-0.1, -0.05) is 29.8 Å². The van der Waals surface area contributed by atoms with Gasteiger partial charge in [0.25, 0.3) is 0 Å². The molecule has 1 N–H and O–H groups in total. The van der Waals surface area contributed by atoms with Crippen molar-refractivity contribution >= 4 is 16.0 Å². The van der Waals surface area contributed by atoms with Crippen LogP contribution in [-0.4, -0.2) is 27.6 Å². The SMILES string of the molecule is CCOC(=O)CC(NS(=O)(=O)c1ccc(OCC)cc1)c1ccc(C)cc1. The minimum Gasteiger partial charge on any atom is -0.494 e. The number of nitrogens with one attached hydrogen (secondary N) is 1. The summed E-state index contributed by atoms with van der Waals surface area (Å²) in [4.78, 5) is 12.1. The number of benzene rings is 2. The van der Waals surface area contributed by atoms with Crippen LogP contribution in [0.5, 0.6) is 5.75 Å². The third-order valence-electron chi connectivity index (χ3n) is 3.90. The van der Waals surface area contributed by atoms with Gasteiger partial charge in [0, 0.05) is 0 Å². The summed E-state index contributed by atoms with van der Waals surface area (Å²) >= 11 is 0. The fourth-order valence-electron chi connectivity index (χ4n) is 2.55. The van der Waals surface area contributed by atoms with Crippen molar-refractivity contribution in [1.29, 1.82) is 0 Å². The Labute approximate surface area is 160 Å². The molecule has 0 saturated carbocycles. The smallest absolute Gasteiger partial charge is 0.307 e. The second-order valence-corrected chi connectivity index (χ2v) is 7.71. The molecule has 6 nitrogen and oxygen atoms in total. The highest BCUT2D eigenvalue weighted by Gasteiger charge is 2.24. The molecule has 0 heterocycles. The number of carbonyl (C=O) groups excluding carboxylic acids is 1. The summed E-state index contributed by atoms with van der Waals surface area (Å²) in [6, 6.07) is 12.8. The summed E-state index contributed by atoms with van der Waals surface area (Å²) in [6.45, 7) is 6.25. The Morgan fingerprint density at radius 3 is 2.19 bits per heavy atom. The van der Waals surface area contributed by atoms with Crippen molar-refractivity contribution in [2.75, 3.05) is 13.2 Å². The lowest BCUT2D eigenvalue weighted by molar-refractivity contribution is -0.143. The van der Waals surface area contributed by atoms with Crippen molar-refractivity contribution in [3.63, 3.8) is 0 Å². The summed E-state index contributed by atoms with van der Waals surface area (Å²) in [5.41, 5.74) is 1.74. The van der Waals surface area contributed by atoms with Crippen LogP contribution in [0.4, 0.5) is 0 Å². The highest BCUT2D eigenvalue weighted by Crippen LogP contribution is 2.23. The molecule has 0 aliphatic heterocycles. The number of hydrogen-bond donors (Lipinski definition) is 1. The van der Waals surface area contributed by atoms with Gasteiger partial charge in [-0.05, 0) is 50.6 Å². The summed E-state index contributed by atoms with van der Waals surface area (Å²) < 4.78 is 38.5. The molecule has 2 aromatic carbocycles. The normalized spacial score (nSPS) is 12.4. The van der Waals surface area contributed by atoms with Crippen molar-refractivity contribution in [1.82, 2.24) is 4.72 Å². The van der Waals surface area contributed by atoms with Crippen LogP contribution in [0.25, 0.3) is 0 Å². The first kappa shape index (κ1) is 20.9. The highest BCUT2D eigenvalue weighted by atomic mass is 32.2. The molecule has 146 valence electrons. The van der Waals surface area contributed by atoms with E-state index < -0.39 is 22.0 Å². The van der Waals surface area contributed by atoms with E-state index in [1.165, 1.54) is 12.1 Å². The van der Waals surface area contributed by atoms with Crippen molar-refractivity contribution in [3.05, 3.63) is 59.7 Å². The second kappa shape index (κ2) is 9.53. The van der Waals surface area contributed by atoms with Gasteiger partial charge in [-0.2, -0.15) is 0 Å². The van der Waals surface area contributed by atoms with Gasteiger partial charge in [-0.25, -0.2) is 13.1 Å². The zero-order valence-corrected chi connectivity index (χ0v) is 16.6. The minimum atomic E-state index is -3.82. The van der Waals surface area contributed by atoms with Gasteiger partial charge in [0.1, 0.15) is 5.75 Å². The fraction of sp³-hybridized carbons (Fsp3) is 0.350. The molecule has 0 bridgehead atoms. The van der Waals surface area contributed by atoms with Crippen LogP contribution in [0, 0.1) is 6.92 Å². The summed E-state index contributed by atoms with van der Waals surface area (Å²) in [5.74, 6) is 0.135.